The molecule has 0 aromatic heterocycles. The van der Waals surface area contributed by atoms with Gasteiger partial charge < -0.3 is 5.32 Å². The molecule has 1 aromatic carbocycles. The summed E-state index contributed by atoms with van der Waals surface area (Å²) in [5, 5.41) is 2.36. The lowest BCUT2D eigenvalue weighted by Crippen LogP contribution is -2.18. The zero-order valence-electron chi connectivity index (χ0n) is 7.97. The van der Waals surface area contributed by atoms with Crippen molar-refractivity contribution in [1.82, 2.24) is 0 Å². The van der Waals surface area contributed by atoms with E-state index in [0.717, 1.165) is 12.1 Å². The van der Waals surface area contributed by atoms with Crippen LogP contribution in [0.1, 0.15) is 15.3 Å². The molecule has 0 aliphatic rings. The molecule has 2 nitrogen and oxygen atoms in total. The average molecular weight is 201 g/mol. The van der Waals surface area contributed by atoms with Crippen molar-refractivity contribution in [2.45, 2.75) is 13.8 Å². The van der Waals surface area contributed by atoms with Crippen LogP contribution >= 0.6 is 0 Å². The van der Waals surface area contributed by atoms with Crippen LogP contribution in [0, 0.1) is 17.6 Å². The van der Waals surface area contributed by atoms with Crippen molar-refractivity contribution in [3.05, 3.63) is 29.8 Å². The fourth-order valence-corrected chi connectivity index (χ4v) is 0.868. The van der Waals surface area contributed by atoms with Crippen molar-refractivity contribution in [2.75, 3.05) is 5.32 Å². The Morgan fingerprint density at radius 2 is 2.07 bits per heavy atom. The van der Waals surface area contributed by atoms with Crippen molar-refractivity contribution < 1.29 is 15.0 Å². The molecule has 0 aliphatic carbocycles. The van der Waals surface area contributed by atoms with Crippen LogP contribution in [0.5, 0.6) is 0 Å². The summed E-state index contributed by atoms with van der Waals surface area (Å²) in [6.45, 7) is 3.38. The van der Waals surface area contributed by atoms with Crippen molar-refractivity contribution in [2.24, 2.45) is 5.92 Å². The molecule has 1 aromatic rings. The minimum atomic E-state index is -0.765. The van der Waals surface area contributed by atoms with Gasteiger partial charge in [-0.1, -0.05) is 13.8 Å². The Balaban J connectivity index is 0.00000196. The Morgan fingerprint density at radius 3 is 2.57 bits per heavy atom. The molecule has 1 amide bonds. The Labute approximate surface area is 82.4 Å². The SMILES string of the molecule is CC(C)C(=O)Nc1ccc(F)cc1F.[HH]. The van der Waals surface area contributed by atoms with Gasteiger partial charge in [0.2, 0.25) is 5.91 Å². The van der Waals surface area contributed by atoms with Crippen LogP contribution < -0.4 is 5.32 Å². The number of hydrogen-bond donors (Lipinski definition) is 1. The van der Waals surface area contributed by atoms with E-state index in [9.17, 15) is 13.6 Å². The molecule has 4 heteroatoms. The van der Waals surface area contributed by atoms with Crippen molar-refractivity contribution in [1.29, 1.82) is 0 Å². The van der Waals surface area contributed by atoms with E-state index in [0.29, 0.717) is 0 Å². The Bertz CT molecular complexity index is 355. The standard InChI is InChI=1S/C10H11F2NO.H2/c1-6(2)10(14)13-9-4-3-7(11)5-8(9)12;/h3-6H,1-2H3,(H,13,14);1H. The highest BCUT2D eigenvalue weighted by molar-refractivity contribution is 5.92. The number of hydrogen-bond acceptors (Lipinski definition) is 1. The maximum absolute atomic E-state index is 13.0. The smallest absolute Gasteiger partial charge is 0.227 e. The van der Waals surface area contributed by atoms with E-state index >= 15 is 0 Å². The Kier molecular flexibility index (Phi) is 3.17. The Morgan fingerprint density at radius 1 is 1.43 bits per heavy atom. The summed E-state index contributed by atoms with van der Waals surface area (Å²) in [7, 11) is 0. The van der Waals surface area contributed by atoms with E-state index in [1.54, 1.807) is 13.8 Å². The van der Waals surface area contributed by atoms with E-state index in [1.807, 2.05) is 0 Å². The lowest BCUT2D eigenvalue weighted by Gasteiger charge is -2.08. The first-order valence-electron chi connectivity index (χ1n) is 4.26. The number of carbonyl (C=O) groups is 1. The number of halogens is 2. The fourth-order valence-electron chi connectivity index (χ4n) is 0.868. The molecule has 0 fully saturated rings. The van der Waals surface area contributed by atoms with Gasteiger partial charge in [0.05, 0.1) is 5.69 Å². The first-order valence-corrected chi connectivity index (χ1v) is 4.26. The second-order valence-corrected chi connectivity index (χ2v) is 3.27. The third-order valence-electron chi connectivity index (χ3n) is 1.71. The molecule has 78 valence electrons. The zero-order chi connectivity index (χ0) is 10.7. The molecule has 0 heterocycles. The molecule has 1 N–H and O–H groups in total. The molecular formula is C10H13F2NO. The second kappa shape index (κ2) is 4.17. The third kappa shape index (κ3) is 2.52. The molecule has 14 heavy (non-hydrogen) atoms. The number of benzene rings is 1. The molecule has 0 spiro atoms. The number of nitrogens with one attached hydrogen (secondary N) is 1. The largest absolute Gasteiger partial charge is 0.323 e. The molecule has 0 saturated heterocycles. The van der Waals surface area contributed by atoms with E-state index in [2.05, 4.69) is 5.32 Å². The van der Waals surface area contributed by atoms with Gasteiger partial charge in [0.15, 0.2) is 0 Å². The zero-order valence-corrected chi connectivity index (χ0v) is 7.97. The van der Waals surface area contributed by atoms with Gasteiger partial charge in [-0.3, -0.25) is 4.79 Å². The lowest BCUT2D eigenvalue weighted by molar-refractivity contribution is -0.118. The van der Waals surface area contributed by atoms with Crippen LogP contribution in [-0.4, -0.2) is 5.91 Å². The minimum absolute atomic E-state index is 0. The van der Waals surface area contributed by atoms with Gasteiger partial charge >= 0.3 is 0 Å². The summed E-state index contributed by atoms with van der Waals surface area (Å²) in [5.41, 5.74) is 0.00472. The average Bonchev–Trinajstić information content (AvgIpc) is 2.09. The van der Waals surface area contributed by atoms with Crippen LogP contribution in [0.2, 0.25) is 0 Å². The number of amides is 1. The minimum Gasteiger partial charge on any atom is -0.323 e. The van der Waals surface area contributed by atoms with Gasteiger partial charge in [-0.2, -0.15) is 0 Å². The lowest BCUT2D eigenvalue weighted by atomic mass is 10.2. The number of anilines is 1. The fraction of sp³-hybridized carbons (Fsp3) is 0.300. The molecule has 0 radical (unpaired) electrons. The monoisotopic (exact) mass is 201 g/mol. The highest BCUT2D eigenvalue weighted by Crippen LogP contribution is 2.15. The molecule has 0 atom stereocenters. The molecular weight excluding hydrogens is 188 g/mol. The predicted molar refractivity (Wildman–Crippen MR) is 51.9 cm³/mol. The van der Waals surface area contributed by atoms with Gasteiger partial charge in [0, 0.05) is 13.4 Å². The Hall–Kier alpha value is -1.45. The molecule has 0 aliphatic heterocycles. The molecule has 0 saturated carbocycles. The maximum Gasteiger partial charge on any atom is 0.227 e. The van der Waals surface area contributed by atoms with Gasteiger partial charge in [0.1, 0.15) is 11.6 Å². The summed E-state index contributed by atoms with van der Waals surface area (Å²) in [6.07, 6.45) is 0. The van der Waals surface area contributed by atoms with Crippen LogP contribution in [-0.2, 0) is 4.79 Å². The summed E-state index contributed by atoms with van der Waals surface area (Å²) < 4.78 is 25.5. The van der Waals surface area contributed by atoms with Crippen LogP contribution in [0.25, 0.3) is 0 Å². The second-order valence-electron chi connectivity index (χ2n) is 3.27. The maximum atomic E-state index is 13.0. The van der Waals surface area contributed by atoms with Gasteiger partial charge in [-0.05, 0) is 12.1 Å². The molecule has 0 bridgehead atoms. The van der Waals surface area contributed by atoms with Crippen molar-refractivity contribution in [3.63, 3.8) is 0 Å². The van der Waals surface area contributed by atoms with Gasteiger partial charge in [-0.15, -0.1) is 0 Å². The first kappa shape index (κ1) is 10.6. The number of rotatable bonds is 2. The van der Waals surface area contributed by atoms with Gasteiger partial charge in [0.25, 0.3) is 0 Å². The van der Waals surface area contributed by atoms with Crippen molar-refractivity contribution >= 4 is 11.6 Å². The topological polar surface area (TPSA) is 29.1 Å². The highest BCUT2D eigenvalue weighted by Gasteiger charge is 2.10. The molecule has 0 unspecified atom stereocenters. The third-order valence-corrected chi connectivity index (χ3v) is 1.71. The van der Waals surface area contributed by atoms with Crippen molar-refractivity contribution in [3.8, 4) is 0 Å². The van der Waals surface area contributed by atoms with E-state index in [4.69, 9.17) is 0 Å². The van der Waals surface area contributed by atoms with E-state index in [1.165, 1.54) is 6.07 Å². The summed E-state index contributed by atoms with van der Waals surface area (Å²) in [4.78, 5) is 11.2. The quantitative estimate of drug-likeness (QED) is 0.783. The van der Waals surface area contributed by atoms with Crippen LogP contribution in [0.3, 0.4) is 0 Å². The predicted octanol–water partition coefficient (Wildman–Crippen LogP) is 2.81. The highest BCUT2D eigenvalue weighted by atomic mass is 19.1. The number of carbonyl (C=O) groups excluding carboxylic acids is 1. The van der Waals surface area contributed by atoms with Crippen LogP contribution in [0.15, 0.2) is 18.2 Å². The van der Waals surface area contributed by atoms with E-state index in [-0.39, 0.29) is 18.9 Å². The van der Waals surface area contributed by atoms with E-state index < -0.39 is 11.6 Å². The summed E-state index contributed by atoms with van der Waals surface area (Å²) >= 11 is 0. The summed E-state index contributed by atoms with van der Waals surface area (Å²) in [6, 6.07) is 3.03. The normalized spacial score (nSPS) is 10.4. The first-order chi connectivity index (χ1) is 6.50. The summed E-state index contributed by atoms with van der Waals surface area (Å²) in [5.74, 6) is -1.96. The van der Waals surface area contributed by atoms with Gasteiger partial charge in [-0.25, -0.2) is 8.78 Å². The molecule has 1 rings (SSSR count). The van der Waals surface area contributed by atoms with Crippen LogP contribution in [0.4, 0.5) is 14.5 Å².